The summed E-state index contributed by atoms with van der Waals surface area (Å²) < 4.78 is 83.7. The lowest BCUT2D eigenvalue weighted by Crippen LogP contribution is -2.27. The molecule has 0 aliphatic carbocycles. The number of hydrogen-bond acceptors (Lipinski definition) is 3. The van der Waals surface area contributed by atoms with Gasteiger partial charge >= 0.3 is 18.4 Å². The summed E-state index contributed by atoms with van der Waals surface area (Å²) in [6, 6.07) is 11.5. The van der Waals surface area contributed by atoms with Gasteiger partial charge in [-0.25, -0.2) is 9.48 Å². The van der Waals surface area contributed by atoms with Crippen molar-refractivity contribution in [3.63, 3.8) is 0 Å². The van der Waals surface area contributed by atoms with Crippen LogP contribution in [0.15, 0.2) is 60.8 Å². The molecule has 0 radical (unpaired) electrons. The van der Waals surface area contributed by atoms with E-state index in [-0.39, 0.29) is 12.2 Å². The quantitative estimate of drug-likeness (QED) is 0.581. The van der Waals surface area contributed by atoms with Crippen LogP contribution in [0.5, 0.6) is 5.75 Å². The molecule has 5 nitrogen and oxygen atoms in total. The van der Waals surface area contributed by atoms with Crippen LogP contribution in [0.4, 0.5) is 31.1 Å². The van der Waals surface area contributed by atoms with Gasteiger partial charge in [-0.05, 0) is 29.8 Å². The van der Waals surface area contributed by atoms with Gasteiger partial charge in [0, 0.05) is 6.54 Å². The highest BCUT2D eigenvalue weighted by Gasteiger charge is 2.40. The van der Waals surface area contributed by atoms with Crippen LogP contribution in [-0.4, -0.2) is 15.9 Å². The number of ether oxygens (including phenoxy) is 1. The number of benzene rings is 2. The molecule has 3 rings (SSSR count). The van der Waals surface area contributed by atoms with Crippen LogP contribution in [0.1, 0.15) is 16.8 Å². The summed E-state index contributed by atoms with van der Waals surface area (Å²) in [4.78, 5) is 11.9. The highest BCUT2D eigenvalue weighted by atomic mass is 19.4. The SMILES string of the molecule is O=C(NCc1ccccc1)Oc1cnn(-c2ccc(C(F)(F)F)cc2)c1C(F)(F)F. The van der Waals surface area contributed by atoms with E-state index in [2.05, 4.69) is 10.4 Å². The van der Waals surface area contributed by atoms with Gasteiger partial charge in [0.05, 0.1) is 17.4 Å². The monoisotopic (exact) mass is 429 g/mol. The third kappa shape index (κ3) is 4.91. The molecule has 0 saturated heterocycles. The summed E-state index contributed by atoms with van der Waals surface area (Å²) in [5.41, 5.74) is -2.04. The van der Waals surface area contributed by atoms with Crippen LogP contribution >= 0.6 is 0 Å². The molecule has 2 aromatic carbocycles. The van der Waals surface area contributed by atoms with E-state index in [0.29, 0.717) is 28.6 Å². The number of nitrogens with one attached hydrogen (secondary N) is 1. The molecule has 158 valence electrons. The van der Waals surface area contributed by atoms with Gasteiger partial charge < -0.3 is 10.1 Å². The molecule has 0 atom stereocenters. The van der Waals surface area contributed by atoms with Crippen LogP contribution in [0.25, 0.3) is 5.69 Å². The number of halogens is 6. The lowest BCUT2D eigenvalue weighted by Gasteiger charge is -2.13. The maximum atomic E-state index is 13.5. The topological polar surface area (TPSA) is 56.1 Å². The maximum Gasteiger partial charge on any atom is 0.437 e. The summed E-state index contributed by atoms with van der Waals surface area (Å²) in [6.45, 7) is 0.0219. The normalized spacial score (nSPS) is 11.9. The minimum Gasteiger partial charge on any atom is -0.406 e. The second-order valence-corrected chi connectivity index (χ2v) is 6.04. The number of aromatic nitrogens is 2. The zero-order chi connectivity index (χ0) is 21.9. The van der Waals surface area contributed by atoms with E-state index in [1.165, 1.54) is 0 Å². The molecule has 11 heteroatoms. The van der Waals surface area contributed by atoms with Gasteiger partial charge in [-0.15, -0.1) is 0 Å². The molecular formula is C19H13F6N3O2. The summed E-state index contributed by atoms with van der Waals surface area (Å²) in [7, 11) is 0. The molecular weight excluding hydrogens is 416 g/mol. The second-order valence-electron chi connectivity index (χ2n) is 6.04. The fourth-order valence-electron chi connectivity index (χ4n) is 2.56. The van der Waals surface area contributed by atoms with Crippen LogP contribution < -0.4 is 10.1 Å². The van der Waals surface area contributed by atoms with Crippen molar-refractivity contribution in [3.8, 4) is 11.4 Å². The summed E-state index contributed by atoms with van der Waals surface area (Å²) in [5.74, 6) is -0.882. The van der Waals surface area contributed by atoms with Crippen molar-refractivity contribution < 1.29 is 35.9 Å². The number of rotatable bonds is 4. The van der Waals surface area contributed by atoms with E-state index in [9.17, 15) is 31.1 Å². The molecule has 0 unspecified atom stereocenters. The van der Waals surface area contributed by atoms with Gasteiger partial charge in [-0.2, -0.15) is 31.4 Å². The van der Waals surface area contributed by atoms with E-state index in [0.717, 1.165) is 12.1 Å². The van der Waals surface area contributed by atoms with Gasteiger partial charge in [-0.3, -0.25) is 0 Å². The van der Waals surface area contributed by atoms with E-state index in [1.807, 2.05) is 0 Å². The van der Waals surface area contributed by atoms with Crippen molar-refractivity contribution in [1.82, 2.24) is 15.1 Å². The van der Waals surface area contributed by atoms with E-state index < -0.39 is 35.5 Å². The van der Waals surface area contributed by atoms with E-state index in [4.69, 9.17) is 4.74 Å². The first kappa shape index (κ1) is 21.2. The van der Waals surface area contributed by atoms with Crippen LogP contribution in [0, 0.1) is 0 Å². The molecule has 0 saturated carbocycles. The summed E-state index contributed by atoms with van der Waals surface area (Å²) in [5, 5.41) is 5.84. The highest BCUT2D eigenvalue weighted by molar-refractivity contribution is 5.70. The fraction of sp³-hybridized carbons (Fsp3) is 0.158. The molecule has 3 aromatic rings. The number of carbonyl (C=O) groups excluding carboxylic acids is 1. The third-order valence-corrected chi connectivity index (χ3v) is 3.93. The number of hydrogen-bond donors (Lipinski definition) is 1. The van der Waals surface area contributed by atoms with Crippen molar-refractivity contribution in [2.24, 2.45) is 0 Å². The predicted molar refractivity (Wildman–Crippen MR) is 92.9 cm³/mol. The Balaban J connectivity index is 1.83. The number of carbonyl (C=O) groups is 1. The molecule has 0 fully saturated rings. The van der Waals surface area contributed by atoms with E-state index >= 15 is 0 Å². The Morgan fingerprint density at radius 2 is 1.57 bits per heavy atom. The van der Waals surface area contributed by atoms with Crippen molar-refractivity contribution in [3.05, 3.63) is 77.6 Å². The molecule has 1 amide bonds. The molecule has 30 heavy (non-hydrogen) atoms. The van der Waals surface area contributed by atoms with Crippen molar-refractivity contribution in [1.29, 1.82) is 0 Å². The number of alkyl halides is 6. The van der Waals surface area contributed by atoms with Gasteiger partial charge in [0.25, 0.3) is 0 Å². The average molecular weight is 429 g/mol. The molecule has 1 N–H and O–H groups in total. The zero-order valence-electron chi connectivity index (χ0n) is 15.0. The standard InChI is InChI=1S/C19H13F6N3O2/c20-18(21,22)13-6-8-14(9-7-13)28-16(19(23,24)25)15(11-27-28)30-17(29)26-10-12-4-2-1-3-5-12/h1-9,11H,10H2,(H,26,29). The lowest BCUT2D eigenvalue weighted by molar-refractivity contribution is -0.144. The van der Waals surface area contributed by atoms with Gasteiger partial charge in [-0.1, -0.05) is 30.3 Å². The number of nitrogens with zero attached hydrogens (tertiary/aromatic N) is 2. The average Bonchev–Trinajstić information content (AvgIpc) is 3.10. The Labute approximate surface area is 165 Å². The van der Waals surface area contributed by atoms with Crippen molar-refractivity contribution in [2.75, 3.05) is 0 Å². The highest BCUT2D eigenvalue weighted by Crippen LogP contribution is 2.38. The minimum absolute atomic E-state index is 0.0219. The van der Waals surface area contributed by atoms with Crippen LogP contribution in [-0.2, 0) is 18.9 Å². The Hall–Kier alpha value is -3.50. The fourth-order valence-corrected chi connectivity index (χ4v) is 2.56. The lowest BCUT2D eigenvalue weighted by atomic mass is 10.2. The number of amides is 1. The van der Waals surface area contributed by atoms with Crippen molar-refractivity contribution in [2.45, 2.75) is 18.9 Å². The molecule has 0 spiro atoms. The molecule has 0 aliphatic rings. The zero-order valence-corrected chi connectivity index (χ0v) is 15.0. The second kappa shape index (κ2) is 8.09. The smallest absolute Gasteiger partial charge is 0.406 e. The first-order valence-corrected chi connectivity index (χ1v) is 8.38. The molecule has 0 bridgehead atoms. The Morgan fingerprint density at radius 3 is 2.13 bits per heavy atom. The molecule has 1 aromatic heterocycles. The Morgan fingerprint density at radius 1 is 0.933 bits per heavy atom. The van der Waals surface area contributed by atoms with Gasteiger partial charge in [0.1, 0.15) is 0 Å². The minimum atomic E-state index is -4.99. The van der Waals surface area contributed by atoms with Crippen LogP contribution in [0.2, 0.25) is 0 Å². The maximum absolute atomic E-state index is 13.5. The third-order valence-electron chi connectivity index (χ3n) is 3.93. The van der Waals surface area contributed by atoms with Crippen molar-refractivity contribution >= 4 is 6.09 Å². The van der Waals surface area contributed by atoms with Crippen LogP contribution in [0.3, 0.4) is 0 Å². The Bertz CT molecular complexity index is 1010. The van der Waals surface area contributed by atoms with Gasteiger partial charge in [0.2, 0.25) is 0 Å². The largest absolute Gasteiger partial charge is 0.437 e. The first-order valence-electron chi connectivity index (χ1n) is 8.38. The summed E-state index contributed by atoms with van der Waals surface area (Å²) in [6.07, 6.45) is -10.1. The van der Waals surface area contributed by atoms with Gasteiger partial charge in [0.15, 0.2) is 11.4 Å². The predicted octanol–water partition coefficient (Wildman–Crippen LogP) is 5.20. The molecule has 0 aliphatic heterocycles. The molecule has 1 heterocycles. The Kier molecular flexibility index (Phi) is 5.72. The summed E-state index contributed by atoms with van der Waals surface area (Å²) >= 11 is 0. The van der Waals surface area contributed by atoms with E-state index in [1.54, 1.807) is 30.3 Å². The first-order chi connectivity index (χ1) is 14.1.